The van der Waals surface area contributed by atoms with Crippen LogP contribution in [0.25, 0.3) is 0 Å². The van der Waals surface area contributed by atoms with Gasteiger partial charge in [-0.05, 0) is 88.0 Å². The molecule has 0 amide bonds. The number of halogens is 2. The molecule has 2 fully saturated rings. The Morgan fingerprint density at radius 2 is 1.60 bits per heavy atom. The minimum Gasteiger partial charge on any atom is -0.494 e. The van der Waals surface area contributed by atoms with Crippen LogP contribution in [-0.2, 0) is 6.54 Å². The zero-order valence-electron chi connectivity index (χ0n) is 20.6. The molecule has 35 heavy (non-hydrogen) atoms. The van der Waals surface area contributed by atoms with E-state index in [1.165, 1.54) is 37.9 Å². The van der Waals surface area contributed by atoms with Crippen molar-refractivity contribution in [3.05, 3.63) is 58.1 Å². The molecular formula is C28H38Cl2N2O3. The molecule has 7 heteroatoms. The van der Waals surface area contributed by atoms with Crippen molar-refractivity contribution >= 4 is 23.2 Å². The molecule has 0 bridgehead atoms. The molecule has 1 atom stereocenters. The second kappa shape index (κ2) is 13.2. The van der Waals surface area contributed by atoms with Crippen LogP contribution in [-0.4, -0.2) is 66.4 Å². The summed E-state index contributed by atoms with van der Waals surface area (Å²) in [5.74, 6) is 1.57. The normalized spacial score (nSPS) is 22.0. The lowest BCUT2D eigenvalue weighted by Gasteiger charge is -2.27. The van der Waals surface area contributed by atoms with Gasteiger partial charge in [-0.1, -0.05) is 41.8 Å². The van der Waals surface area contributed by atoms with Gasteiger partial charge >= 0.3 is 0 Å². The Hall–Kier alpha value is -1.50. The molecule has 2 aromatic rings. The van der Waals surface area contributed by atoms with E-state index in [1.54, 1.807) is 18.2 Å². The number of likely N-dealkylation sites (tertiary alicyclic amines) is 2. The zero-order chi connectivity index (χ0) is 24.5. The van der Waals surface area contributed by atoms with Crippen molar-refractivity contribution in [2.75, 3.05) is 45.9 Å². The summed E-state index contributed by atoms with van der Waals surface area (Å²) >= 11 is 12.1. The predicted octanol–water partition coefficient (Wildman–Crippen LogP) is 6.04. The third-order valence-corrected chi connectivity index (χ3v) is 7.79. The number of hydrogen-bond donors (Lipinski definition) is 1. The maximum atomic E-state index is 11.1. The number of ether oxygens (including phenoxy) is 2. The number of piperidine rings is 1. The van der Waals surface area contributed by atoms with Crippen molar-refractivity contribution < 1.29 is 14.6 Å². The fourth-order valence-corrected chi connectivity index (χ4v) is 5.26. The molecule has 2 saturated heterocycles. The largest absolute Gasteiger partial charge is 0.494 e. The highest BCUT2D eigenvalue weighted by Crippen LogP contribution is 2.29. The van der Waals surface area contributed by atoms with E-state index >= 15 is 0 Å². The summed E-state index contributed by atoms with van der Waals surface area (Å²) in [6, 6.07) is 13.6. The van der Waals surface area contributed by atoms with Crippen molar-refractivity contribution in [2.24, 2.45) is 0 Å². The van der Waals surface area contributed by atoms with Crippen LogP contribution in [0.4, 0.5) is 0 Å². The summed E-state index contributed by atoms with van der Waals surface area (Å²) in [4.78, 5) is 4.96. The summed E-state index contributed by atoms with van der Waals surface area (Å²) in [6.45, 7) is 7.25. The van der Waals surface area contributed by atoms with Gasteiger partial charge in [0, 0.05) is 25.7 Å². The molecule has 2 heterocycles. The first-order chi connectivity index (χ1) is 17.0. The average molecular weight is 522 g/mol. The third kappa shape index (κ3) is 8.54. The molecule has 2 aliphatic rings. The Balaban J connectivity index is 1.21. The van der Waals surface area contributed by atoms with E-state index in [4.69, 9.17) is 32.7 Å². The number of benzene rings is 2. The standard InChI is InChI=1S/C28H38Cl2N2O3/c29-26-10-9-25(20-27(26)30)35-22-28(33)11-5-15-32(17-12-28)21-23-7-4-8-24(19-23)34-18-6-16-31-13-2-1-3-14-31/h4,7-10,19-20,33H,1-3,5-6,11-18,21-22H2. The molecular weight excluding hydrogens is 483 g/mol. The molecule has 0 aliphatic carbocycles. The van der Waals surface area contributed by atoms with Gasteiger partial charge in [-0.25, -0.2) is 0 Å². The molecule has 1 unspecified atom stereocenters. The first kappa shape index (κ1) is 26.6. The fraction of sp³-hybridized carbons (Fsp3) is 0.571. The maximum Gasteiger partial charge on any atom is 0.121 e. The molecule has 4 rings (SSSR count). The summed E-state index contributed by atoms with van der Waals surface area (Å²) in [6.07, 6.45) is 7.42. The van der Waals surface area contributed by atoms with Crippen LogP contribution in [0.1, 0.15) is 50.5 Å². The van der Waals surface area contributed by atoms with Gasteiger partial charge in [0.15, 0.2) is 0 Å². The molecule has 0 spiro atoms. The smallest absolute Gasteiger partial charge is 0.121 e. The topological polar surface area (TPSA) is 45.2 Å². The van der Waals surface area contributed by atoms with E-state index in [2.05, 4.69) is 28.0 Å². The Bertz CT molecular complexity index is 938. The first-order valence-electron chi connectivity index (χ1n) is 13.0. The lowest BCUT2D eigenvalue weighted by Crippen LogP contribution is -2.37. The van der Waals surface area contributed by atoms with E-state index in [1.807, 2.05) is 6.07 Å². The van der Waals surface area contributed by atoms with Crippen LogP contribution in [0.3, 0.4) is 0 Å². The minimum atomic E-state index is -0.847. The van der Waals surface area contributed by atoms with Crippen LogP contribution in [0.2, 0.25) is 10.0 Å². The van der Waals surface area contributed by atoms with E-state index < -0.39 is 5.60 Å². The highest BCUT2D eigenvalue weighted by atomic mass is 35.5. The molecule has 192 valence electrons. The molecule has 0 aromatic heterocycles. The van der Waals surface area contributed by atoms with E-state index in [9.17, 15) is 5.11 Å². The highest BCUT2D eigenvalue weighted by Gasteiger charge is 2.31. The zero-order valence-corrected chi connectivity index (χ0v) is 22.1. The van der Waals surface area contributed by atoms with Gasteiger partial charge in [-0.3, -0.25) is 4.90 Å². The van der Waals surface area contributed by atoms with Gasteiger partial charge in [0.2, 0.25) is 0 Å². The quantitative estimate of drug-likeness (QED) is 0.386. The van der Waals surface area contributed by atoms with Gasteiger partial charge in [-0.2, -0.15) is 0 Å². The molecule has 2 aromatic carbocycles. The summed E-state index contributed by atoms with van der Waals surface area (Å²) in [5, 5.41) is 12.1. The third-order valence-electron chi connectivity index (χ3n) is 7.05. The lowest BCUT2D eigenvalue weighted by atomic mass is 9.96. The van der Waals surface area contributed by atoms with Crippen molar-refractivity contribution in [3.8, 4) is 11.5 Å². The number of nitrogens with zero attached hydrogens (tertiary/aromatic N) is 2. The van der Waals surface area contributed by atoms with Crippen LogP contribution < -0.4 is 9.47 Å². The molecule has 0 radical (unpaired) electrons. The van der Waals surface area contributed by atoms with Crippen molar-refractivity contribution in [3.63, 3.8) is 0 Å². The Labute approximate surface area is 219 Å². The minimum absolute atomic E-state index is 0.250. The number of rotatable bonds is 10. The predicted molar refractivity (Wildman–Crippen MR) is 143 cm³/mol. The summed E-state index contributed by atoms with van der Waals surface area (Å²) < 4.78 is 11.9. The SMILES string of the molecule is OC1(COc2ccc(Cl)c(Cl)c2)CCCN(Cc2cccc(OCCCN3CCCCC3)c2)CC1. The van der Waals surface area contributed by atoms with Gasteiger partial charge in [0.1, 0.15) is 18.1 Å². The monoisotopic (exact) mass is 520 g/mol. The van der Waals surface area contributed by atoms with Crippen LogP contribution in [0.5, 0.6) is 11.5 Å². The number of aliphatic hydroxyl groups is 1. The first-order valence-corrected chi connectivity index (χ1v) is 13.7. The van der Waals surface area contributed by atoms with Gasteiger partial charge in [-0.15, -0.1) is 0 Å². The molecule has 1 N–H and O–H groups in total. The lowest BCUT2D eigenvalue weighted by molar-refractivity contribution is -0.0168. The maximum absolute atomic E-state index is 11.1. The second-order valence-electron chi connectivity index (χ2n) is 9.97. The molecule has 2 aliphatic heterocycles. The summed E-state index contributed by atoms with van der Waals surface area (Å²) in [7, 11) is 0. The van der Waals surface area contributed by atoms with E-state index in [0.29, 0.717) is 28.6 Å². The van der Waals surface area contributed by atoms with Crippen LogP contribution >= 0.6 is 23.2 Å². The summed E-state index contributed by atoms with van der Waals surface area (Å²) in [5.41, 5.74) is 0.399. The molecule has 0 saturated carbocycles. The van der Waals surface area contributed by atoms with Crippen molar-refractivity contribution in [1.82, 2.24) is 9.80 Å². The van der Waals surface area contributed by atoms with Gasteiger partial charge in [0.05, 0.1) is 22.3 Å². The van der Waals surface area contributed by atoms with Crippen molar-refractivity contribution in [2.45, 2.75) is 57.1 Å². The number of hydrogen-bond acceptors (Lipinski definition) is 5. The molecule has 5 nitrogen and oxygen atoms in total. The van der Waals surface area contributed by atoms with Gasteiger partial charge < -0.3 is 19.5 Å². The second-order valence-corrected chi connectivity index (χ2v) is 10.8. The fourth-order valence-electron chi connectivity index (χ4n) is 4.97. The van der Waals surface area contributed by atoms with Crippen LogP contribution in [0.15, 0.2) is 42.5 Å². The Morgan fingerprint density at radius 1 is 0.800 bits per heavy atom. The van der Waals surface area contributed by atoms with E-state index in [0.717, 1.165) is 51.4 Å². The average Bonchev–Trinajstić information content (AvgIpc) is 3.05. The van der Waals surface area contributed by atoms with E-state index in [-0.39, 0.29) is 6.61 Å². The Morgan fingerprint density at radius 3 is 2.43 bits per heavy atom. The van der Waals surface area contributed by atoms with Gasteiger partial charge in [0.25, 0.3) is 0 Å². The Kier molecular flexibility index (Phi) is 9.99. The highest BCUT2D eigenvalue weighted by molar-refractivity contribution is 6.42. The van der Waals surface area contributed by atoms with Crippen LogP contribution in [0, 0.1) is 0 Å². The van der Waals surface area contributed by atoms with Crippen molar-refractivity contribution in [1.29, 1.82) is 0 Å².